The highest BCUT2D eigenvalue weighted by molar-refractivity contribution is 7.91. The molecule has 0 atom stereocenters. The molecule has 0 saturated heterocycles. The summed E-state index contributed by atoms with van der Waals surface area (Å²) in [6.45, 7) is 5.78. The summed E-state index contributed by atoms with van der Waals surface area (Å²) in [6, 6.07) is 10.6. The molecule has 26 heavy (non-hydrogen) atoms. The Labute approximate surface area is 157 Å². The topological polar surface area (TPSA) is 76.1 Å². The van der Waals surface area contributed by atoms with Gasteiger partial charge in [0, 0.05) is 12.1 Å². The smallest absolute Gasteiger partial charge is 0.225 e. The van der Waals surface area contributed by atoms with Gasteiger partial charge in [-0.15, -0.1) is 11.3 Å². The molecule has 0 fully saturated rings. The Bertz CT molecular complexity index is 1070. The van der Waals surface area contributed by atoms with Crippen molar-refractivity contribution >= 4 is 43.0 Å². The van der Waals surface area contributed by atoms with Gasteiger partial charge >= 0.3 is 0 Å². The number of nitrogens with zero attached hydrogens (tertiary/aromatic N) is 1. The number of nitrogens with one attached hydrogen (secondary N) is 1. The number of anilines is 1. The Morgan fingerprint density at radius 1 is 1.08 bits per heavy atom. The maximum absolute atomic E-state index is 12.6. The maximum atomic E-state index is 12.6. The average Bonchev–Trinajstić information content (AvgIpc) is 2.91. The van der Waals surface area contributed by atoms with Gasteiger partial charge in [0.05, 0.1) is 25.9 Å². The van der Waals surface area contributed by atoms with Crippen molar-refractivity contribution in [3.8, 4) is 0 Å². The molecule has 0 bridgehead atoms. The van der Waals surface area contributed by atoms with E-state index in [4.69, 9.17) is 0 Å². The first-order valence-electron chi connectivity index (χ1n) is 8.21. The van der Waals surface area contributed by atoms with Crippen molar-refractivity contribution in [1.82, 2.24) is 4.98 Å². The lowest BCUT2D eigenvalue weighted by Gasteiger charge is -2.08. The van der Waals surface area contributed by atoms with Gasteiger partial charge in [-0.2, -0.15) is 0 Å². The number of aromatic nitrogens is 1. The van der Waals surface area contributed by atoms with Crippen LogP contribution < -0.4 is 5.32 Å². The Morgan fingerprint density at radius 3 is 2.46 bits per heavy atom. The minimum absolute atomic E-state index is 0.0882. The van der Waals surface area contributed by atoms with Crippen molar-refractivity contribution in [2.45, 2.75) is 32.1 Å². The third-order valence-corrected chi connectivity index (χ3v) is 6.58. The molecule has 1 aromatic heterocycles. The highest BCUT2D eigenvalue weighted by Gasteiger charge is 2.18. The summed E-state index contributed by atoms with van der Waals surface area (Å²) in [4.78, 5) is 16.7. The number of thiazole rings is 1. The number of carbonyl (C=O) groups excluding carboxylic acids is 1. The largest absolute Gasteiger partial charge is 0.326 e. The first kappa shape index (κ1) is 18.5. The van der Waals surface area contributed by atoms with E-state index < -0.39 is 9.84 Å². The first-order valence-corrected chi connectivity index (χ1v) is 10.7. The molecule has 3 aromatic rings. The number of aryl methyl sites for hydroxylation is 3. The average molecular weight is 389 g/mol. The molecule has 0 spiro atoms. The zero-order chi connectivity index (χ0) is 18.9. The van der Waals surface area contributed by atoms with Crippen LogP contribution in [0.3, 0.4) is 0 Å². The van der Waals surface area contributed by atoms with Crippen LogP contribution in [0.4, 0.5) is 5.69 Å². The third-order valence-electron chi connectivity index (χ3n) is 3.93. The van der Waals surface area contributed by atoms with Gasteiger partial charge in [-0.1, -0.05) is 6.07 Å². The summed E-state index contributed by atoms with van der Waals surface area (Å²) in [7, 11) is -3.53. The van der Waals surface area contributed by atoms with Gasteiger partial charge in [0.15, 0.2) is 9.84 Å². The summed E-state index contributed by atoms with van der Waals surface area (Å²) in [6.07, 6.45) is -0.0882. The summed E-state index contributed by atoms with van der Waals surface area (Å²) in [5, 5.41) is 3.66. The maximum Gasteiger partial charge on any atom is 0.225 e. The Balaban J connectivity index is 1.69. The fourth-order valence-corrected chi connectivity index (χ4v) is 5.03. The predicted molar refractivity (Wildman–Crippen MR) is 106 cm³/mol. The van der Waals surface area contributed by atoms with Crippen LogP contribution >= 0.6 is 11.3 Å². The van der Waals surface area contributed by atoms with Crippen LogP contribution in [0.15, 0.2) is 41.3 Å². The third kappa shape index (κ3) is 4.28. The van der Waals surface area contributed by atoms with Crippen LogP contribution in [0.25, 0.3) is 10.2 Å². The van der Waals surface area contributed by atoms with E-state index in [0.717, 1.165) is 26.4 Å². The molecule has 0 aliphatic carbocycles. The fourth-order valence-electron chi connectivity index (χ4n) is 2.83. The SMILES string of the molecule is Cc1cc(C)cc(NC(=O)CCS(=O)(=O)c2ccc3nc(C)sc3c2)c1. The van der Waals surface area contributed by atoms with Gasteiger partial charge in [-0.05, 0) is 62.2 Å². The molecule has 0 aliphatic heterocycles. The fraction of sp³-hybridized carbons (Fsp3) is 0.263. The number of carbonyl (C=O) groups is 1. The minimum atomic E-state index is -3.53. The standard InChI is InChI=1S/C19H20N2O3S2/c1-12-8-13(2)10-15(9-12)21-19(22)6-7-26(23,24)16-4-5-17-18(11-16)25-14(3)20-17/h4-5,8-11H,6-7H2,1-3H3,(H,21,22). The van der Waals surface area contributed by atoms with Gasteiger partial charge in [-0.25, -0.2) is 13.4 Å². The number of fused-ring (bicyclic) bond motifs is 1. The predicted octanol–water partition coefficient (Wildman–Crippen LogP) is 4.02. The zero-order valence-corrected chi connectivity index (χ0v) is 16.5. The van der Waals surface area contributed by atoms with Crippen LogP contribution in [0.5, 0.6) is 0 Å². The van der Waals surface area contributed by atoms with Gasteiger partial charge < -0.3 is 5.32 Å². The summed E-state index contributed by atoms with van der Waals surface area (Å²) >= 11 is 1.46. The molecule has 7 heteroatoms. The molecule has 1 amide bonds. The second-order valence-corrected chi connectivity index (χ2v) is 9.70. The molecular weight excluding hydrogens is 368 g/mol. The van der Waals surface area contributed by atoms with Gasteiger partial charge in [-0.3, -0.25) is 4.79 Å². The molecular formula is C19H20N2O3S2. The van der Waals surface area contributed by atoms with Crippen molar-refractivity contribution in [2.24, 2.45) is 0 Å². The van der Waals surface area contributed by atoms with Gasteiger partial charge in [0.2, 0.25) is 5.91 Å². The Morgan fingerprint density at radius 2 is 1.77 bits per heavy atom. The van der Waals surface area contributed by atoms with E-state index in [0.29, 0.717) is 5.69 Å². The van der Waals surface area contributed by atoms with E-state index in [9.17, 15) is 13.2 Å². The number of sulfone groups is 1. The quantitative estimate of drug-likeness (QED) is 0.716. The van der Waals surface area contributed by atoms with Gasteiger partial charge in [0.1, 0.15) is 0 Å². The lowest BCUT2D eigenvalue weighted by Crippen LogP contribution is -2.17. The highest BCUT2D eigenvalue weighted by atomic mass is 32.2. The molecule has 0 unspecified atom stereocenters. The number of benzene rings is 2. The van der Waals surface area contributed by atoms with E-state index in [2.05, 4.69) is 10.3 Å². The molecule has 1 N–H and O–H groups in total. The van der Waals surface area contributed by atoms with Crippen LogP contribution in [-0.4, -0.2) is 25.1 Å². The summed E-state index contributed by atoms with van der Waals surface area (Å²) in [5.41, 5.74) is 3.56. The van der Waals surface area contributed by atoms with Crippen LogP contribution in [0, 0.1) is 20.8 Å². The lowest BCUT2D eigenvalue weighted by atomic mass is 10.1. The second-order valence-electron chi connectivity index (χ2n) is 6.36. The molecule has 0 radical (unpaired) electrons. The second kappa shape index (κ2) is 7.17. The van der Waals surface area contributed by atoms with Crippen LogP contribution in [0.1, 0.15) is 22.6 Å². The number of hydrogen-bond acceptors (Lipinski definition) is 5. The minimum Gasteiger partial charge on any atom is -0.326 e. The monoisotopic (exact) mass is 388 g/mol. The van der Waals surface area contributed by atoms with Crippen molar-refractivity contribution < 1.29 is 13.2 Å². The van der Waals surface area contributed by atoms with E-state index >= 15 is 0 Å². The molecule has 5 nitrogen and oxygen atoms in total. The van der Waals surface area contributed by atoms with E-state index in [1.807, 2.05) is 39.0 Å². The molecule has 0 aliphatic rings. The van der Waals surface area contributed by atoms with E-state index in [1.165, 1.54) is 11.3 Å². The van der Waals surface area contributed by atoms with E-state index in [1.54, 1.807) is 18.2 Å². The number of rotatable bonds is 5. The van der Waals surface area contributed by atoms with Crippen molar-refractivity contribution in [3.05, 3.63) is 52.5 Å². The van der Waals surface area contributed by atoms with Crippen molar-refractivity contribution in [3.63, 3.8) is 0 Å². The Kier molecular flexibility index (Phi) is 5.11. The van der Waals surface area contributed by atoms with Crippen molar-refractivity contribution in [2.75, 3.05) is 11.1 Å². The number of hydrogen-bond donors (Lipinski definition) is 1. The zero-order valence-electron chi connectivity index (χ0n) is 14.9. The molecule has 136 valence electrons. The summed E-state index contributed by atoms with van der Waals surface area (Å²) < 4.78 is 25.9. The molecule has 0 saturated carbocycles. The Hall–Kier alpha value is -2.25. The number of amides is 1. The molecule has 1 heterocycles. The van der Waals surface area contributed by atoms with Crippen molar-refractivity contribution in [1.29, 1.82) is 0 Å². The van der Waals surface area contributed by atoms with Crippen LogP contribution in [-0.2, 0) is 14.6 Å². The van der Waals surface area contributed by atoms with Gasteiger partial charge in [0.25, 0.3) is 0 Å². The molecule has 2 aromatic carbocycles. The summed E-state index contributed by atoms with van der Waals surface area (Å²) in [5.74, 6) is -0.541. The lowest BCUT2D eigenvalue weighted by molar-refractivity contribution is -0.115. The van der Waals surface area contributed by atoms with Crippen LogP contribution in [0.2, 0.25) is 0 Å². The first-order chi connectivity index (χ1) is 12.2. The van der Waals surface area contributed by atoms with E-state index in [-0.39, 0.29) is 23.0 Å². The molecule has 3 rings (SSSR count). The normalized spacial score (nSPS) is 11.7. The highest BCUT2D eigenvalue weighted by Crippen LogP contribution is 2.25.